The fraction of sp³-hybridized carbons (Fsp3) is 0.417. The Labute approximate surface area is 89.9 Å². The predicted octanol–water partition coefficient (Wildman–Crippen LogP) is 0.920. The van der Waals surface area contributed by atoms with Crippen LogP contribution in [0.25, 0.3) is 0 Å². The third-order valence-electron chi connectivity index (χ3n) is 2.76. The number of benzene rings is 1. The summed E-state index contributed by atoms with van der Waals surface area (Å²) >= 11 is 0. The summed E-state index contributed by atoms with van der Waals surface area (Å²) in [6, 6.07) is 8.13. The number of likely N-dealkylation sites (tertiary alicyclic amines) is 1. The Bertz CT molecular complexity index is 341. The normalized spacial score (nSPS) is 16.0. The molecule has 1 heterocycles. The minimum atomic E-state index is -0.273. The lowest BCUT2D eigenvalue weighted by Gasteiger charge is -2.30. The molecule has 2 N–H and O–H groups in total. The van der Waals surface area contributed by atoms with E-state index in [1.54, 1.807) is 0 Å². The van der Waals surface area contributed by atoms with Crippen LogP contribution in [-0.4, -0.2) is 23.9 Å². The molecule has 1 saturated heterocycles. The van der Waals surface area contributed by atoms with Gasteiger partial charge in [0.1, 0.15) is 0 Å². The van der Waals surface area contributed by atoms with Gasteiger partial charge in [0.2, 0.25) is 5.91 Å². The summed E-state index contributed by atoms with van der Waals surface area (Å²) in [6.45, 7) is 3.45. The molecule has 0 unspecified atom stereocenters. The van der Waals surface area contributed by atoms with E-state index < -0.39 is 0 Å². The van der Waals surface area contributed by atoms with Crippen LogP contribution in [0.15, 0.2) is 24.3 Å². The van der Waals surface area contributed by atoms with Crippen molar-refractivity contribution in [3.8, 4) is 0 Å². The highest BCUT2D eigenvalue weighted by molar-refractivity contribution is 5.76. The molecule has 0 spiro atoms. The molecule has 80 valence electrons. The van der Waals surface area contributed by atoms with Gasteiger partial charge in [-0.1, -0.05) is 24.3 Å². The molecule has 0 saturated carbocycles. The van der Waals surface area contributed by atoms with E-state index in [2.05, 4.69) is 17.0 Å². The number of carbonyl (C=O) groups excluding carboxylic acids is 1. The van der Waals surface area contributed by atoms with Crippen molar-refractivity contribution in [2.24, 2.45) is 5.73 Å². The Morgan fingerprint density at radius 2 is 1.80 bits per heavy atom. The van der Waals surface area contributed by atoms with Gasteiger partial charge in [-0.3, -0.25) is 9.69 Å². The van der Waals surface area contributed by atoms with Gasteiger partial charge in [0.05, 0.1) is 6.42 Å². The lowest BCUT2D eigenvalue weighted by atomic mass is 10.1. The topological polar surface area (TPSA) is 46.3 Å². The first kappa shape index (κ1) is 10.2. The number of nitrogens with zero attached hydrogens (tertiary/aromatic N) is 1. The molecule has 1 aliphatic rings. The average molecular weight is 204 g/mol. The largest absolute Gasteiger partial charge is 0.369 e. The van der Waals surface area contributed by atoms with Crippen molar-refractivity contribution in [3.63, 3.8) is 0 Å². The van der Waals surface area contributed by atoms with Crippen LogP contribution in [0.1, 0.15) is 17.5 Å². The predicted molar refractivity (Wildman–Crippen MR) is 59.2 cm³/mol. The van der Waals surface area contributed by atoms with E-state index in [-0.39, 0.29) is 5.91 Å². The molecular formula is C12H16N2O. The molecular weight excluding hydrogens is 188 g/mol. The molecule has 1 aromatic rings. The summed E-state index contributed by atoms with van der Waals surface area (Å²) in [5.74, 6) is -0.273. The minimum Gasteiger partial charge on any atom is -0.369 e. The molecule has 15 heavy (non-hydrogen) atoms. The molecule has 0 radical (unpaired) electrons. The second-order valence-electron chi connectivity index (χ2n) is 4.09. The smallest absolute Gasteiger partial charge is 0.221 e. The van der Waals surface area contributed by atoms with E-state index in [1.807, 2.05) is 12.1 Å². The van der Waals surface area contributed by atoms with Gasteiger partial charge in [-0.2, -0.15) is 0 Å². The summed E-state index contributed by atoms with van der Waals surface area (Å²) in [5.41, 5.74) is 7.43. The van der Waals surface area contributed by atoms with Gasteiger partial charge in [0.15, 0.2) is 0 Å². The zero-order valence-electron chi connectivity index (χ0n) is 8.78. The van der Waals surface area contributed by atoms with Crippen LogP contribution in [0, 0.1) is 0 Å². The van der Waals surface area contributed by atoms with E-state index in [0.29, 0.717) is 6.42 Å². The Morgan fingerprint density at radius 1 is 1.20 bits per heavy atom. The average Bonchev–Trinajstić information content (AvgIpc) is 2.13. The number of rotatable bonds is 4. The van der Waals surface area contributed by atoms with E-state index >= 15 is 0 Å². The highest BCUT2D eigenvalue weighted by atomic mass is 16.1. The van der Waals surface area contributed by atoms with Gasteiger partial charge in [0, 0.05) is 6.54 Å². The maximum Gasteiger partial charge on any atom is 0.221 e. The maximum absolute atomic E-state index is 10.7. The van der Waals surface area contributed by atoms with Gasteiger partial charge in [-0.05, 0) is 30.6 Å². The second-order valence-corrected chi connectivity index (χ2v) is 4.09. The molecule has 3 nitrogen and oxygen atoms in total. The van der Waals surface area contributed by atoms with Crippen LogP contribution in [0.3, 0.4) is 0 Å². The number of primary amides is 1. The first-order chi connectivity index (χ1) is 7.24. The van der Waals surface area contributed by atoms with Crippen LogP contribution in [0.5, 0.6) is 0 Å². The first-order valence-electron chi connectivity index (χ1n) is 5.32. The number of hydrogen-bond donors (Lipinski definition) is 1. The number of carbonyl (C=O) groups is 1. The van der Waals surface area contributed by atoms with Crippen molar-refractivity contribution in [1.29, 1.82) is 0 Å². The van der Waals surface area contributed by atoms with Crippen molar-refractivity contribution in [2.75, 3.05) is 13.1 Å². The van der Waals surface area contributed by atoms with Crippen molar-refractivity contribution in [3.05, 3.63) is 35.4 Å². The number of hydrogen-bond acceptors (Lipinski definition) is 2. The van der Waals surface area contributed by atoms with Crippen LogP contribution in [-0.2, 0) is 17.8 Å². The molecule has 1 amide bonds. The fourth-order valence-electron chi connectivity index (χ4n) is 1.76. The summed E-state index contributed by atoms with van der Waals surface area (Å²) in [4.78, 5) is 13.1. The maximum atomic E-state index is 10.7. The summed E-state index contributed by atoms with van der Waals surface area (Å²) in [7, 11) is 0. The summed E-state index contributed by atoms with van der Waals surface area (Å²) in [5, 5.41) is 0. The van der Waals surface area contributed by atoms with Gasteiger partial charge in [0.25, 0.3) is 0 Å². The Morgan fingerprint density at radius 3 is 2.27 bits per heavy atom. The van der Waals surface area contributed by atoms with Gasteiger partial charge < -0.3 is 5.73 Å². The van der Waals surface area contributed by atoms with E-state index in [1.165, 1.54) is 25.1 Å². The van der Waals surface area contributed by atoms with Gasteiger partial charge in [-0.25, -0.2) is 0 Å². The second kappa shape index (κ2) is 4.45. The first-order valence-corrected chi connectivity index (χ1v) is 5.32. The molecule has 0 atom stereocenters. The van der Waals surface area contributed by atoms with Gasteiger partial charge in [-0.15, -0.1) is 0 Å². The Hall–Kier alpha value is -1.35. The van der Waals surface area contributed by atoms with Crippen molar-refractivity contribution < 1.29 is 4.79 Å². The lowest BCUT2D eigenvalue weighted by Crippen LogP contribution is -2.36. The van der Waals surface area contributed by atoms with Crippen molar-refractivity contribution in [1.82, 2.24) is 4.90 Å². The van der Waals surface area contributed by atoms with Crippen molar-refractivity contribution >= 4 is 5.91 Å². The van der Waals surface area contributed by atoms with Crippen LogP contribution in [0.2, 0.25) is 0 Å². The number of amides is 1. The van der Waals surface area contributed by atoms with Gasteiger partial charge >= 0.3 is 0 Å². The zero-order chi connectivity index (χ0) is 10.7. The molecule has 0 bridgehead atoms. The van der Waals surface area contributed by atoms with Crippen LogP contribution >= 0.6 is 0 Å². The minimum absolute atomic E-state index is 0.273. The molecule has 1 aliphatic heterocycles. The zero-order valence-corrected chi connectivity index (χ0v) is 8.78. The Kier molecular flexibility index (Phi) is 3.02. The van der Waals surface area contributed by atoms with Crippen molar-refractivity contribution in [2.45, 2.75) is 19.4 Å². The quantitative estimate of drug-likeness (QED) is 0.792. The molecule has 2 rings (SSSR count). The highest BCUT2D eigenvalue weighted by Gasteiger charge is 2.13. The number of nitrogens with two attached hydrogens (primary N) is 1. The lowest BCUT2D eigenvalue weighted by molar-refractivity contribution is -0.117. The summed E-state index contributed by atoms with van der Waals surface area (Å²) in [6.07, 6.45) is 1.66. The van der Waals surface area contributed by atoms with E-state index in [9.17, 15) is 4.79 Å². The highest BCUT2D eigenvalue weighted by Crippen LogP contribution is 2.13. The van der Waals surface area contributed by atoms with Crippen LogP contribution < -0.4 is 5.73 Å². The van der Waals surface area contributed by atoms with E-state index in [0.717, 1.165) is 12.1 Å². The molecule has 3 heteroatoms. The SMILES string of the molecule is NC(=O)Cc1ccc(CN2CCC2)cc1. The molecule has 1 fully saturated rings. The Balaban J connectivity index is 1.93. The fourth-order valence-corrected chi connectivity index (χ4v) is 1.76. The third kappa shape index (κ3) is 2.80. The molecule has 1 aromatic carbocycles. The van der Waals surface area contributed by atoms with Crippen LogP contribution in [0.4, 0.5) is 0 Å². The molecule has 0 aromatic heterocycles. The third-order valence-corrected chi connectivity index (χ3v) is 2.76. The summed E-state index contributed by atoms with van der Waals surface area (Å²) < 4.78 is 0. The van der Waals surface area contributed by atoms with E-state index in [4.69, 9.17) is 5.73 Å². The molecule has 0 aliphatic carbocycles. The standard InChI is InChI=1S/C12H16N2O/c13-12(15)8-10-2-4-11(5-3-10)9-14-6-1-7-14/h2-5H,1,6-9H2,(H2,13,15). The monoisotopic (exact) mass is 204 g/mol.